The molecule has 1 N–H and O–H groups in total. The lowest BCUT2D eigenvalue weighted by Crippen LogP contribution is -2.43. The van der Waals surface area contributed by atoms with E-state index in [0.29, 0.717) is 6.42 Å². The van der Waals surface area contributed by atoms with E-state index in [1.807, 2.05) is 67.6 Å². The molecule has 0 spiro atoms. The minimum atomic E-state index is -0.814. The van der Waals surface area contributed by atoms with Gasteiger partial charge in [0.2, 0.25) is 0 Å². The topological polar surface area (TPSA) is 64.6 Å². The smallest absolute Gasteiger partial charge is 0.408 e. The SMILES string of the molecule is C/C=C/COC(=O)[C@H](Cc1ccccc1)NC(=O)OCc1ccccc1. The van der Waals surface area contributed by atoms with Gasteiger partial charge >= 0.3 is 12.1 Å². The number of amides is 1. The van der Waals surface area contributed by atoms with Gasteiger partial charge in [-0.25, -0.2) is 9.59 Å². The molecule has 0 aliphatic carbocycles. The number of hydrogen-bond acceptors (Lipinski definition) is 4. The van der Waals surface area contributed by atoms with Crippen molar-refractivity contribution in [3.8, 4) is 0 Å². The molecular formula is C21H23NO4. The fraction of sp³-hybridized carbons (Fsp3) is 0.238. The minimum absolute atomic E-state index is 0.137. The first-order valence-corrected chi connectivity index (χ1v) is 8.48. The van der Waals surface area contributed by atoms with Crippen LogP contribution in [-0.2, 0) is 27.3 Å². The Labute approximate surface area is 153 Å². The third kappa shape index (κ3) is 6.81. The third-order valence-electron chi connectivity index (χ3n) is 3.63. The highest BCUT2D eigenvalue weighted by atomic mass is 16.6. The van der Waals surface area contributed by atoms with E-state index in [1.165, 1.54) is 0 Å². The molecule has 0 unspecified atom stereocenters. The molecule has 0 fully saturated rings. The zero-order valence-electron chi connectivity index (χ0n) is 14.8. The summed E-state index contributed by atoms with van der Waals surface area (Å²) in [5.41, 5.74) is 1.79. The molecule has 0 saturated carbocycles. The molecule has 1 atom stereocenters. The number of alkyl carbamates (subject to hydrolysis) is 1. The average molecular weight is 353 g/mol. The molecule has 0 saturated heterocycles. The predicted octanol–water partition coefficient (Wildman–Crippen LogP) is 3.64. The Balaban J connectivity index is 1.95. The molecular weight excluding hydrogens is 330 g/mol. The first kappa shape index (κ1) is 19.2. The summed E-state index contributed by atoms with van der Waals surface area (Å²) >= 11 is 0. The van der Waals surface area contributed by atoms with Crippen molar-refractivity contribution >= 4 is 12.1 Å². The van der Waals surface area contributed by atoms with Crippen LogP contribution in [0, 0.1) is 0 Å². The summed E-state index contributed by atoms with van der Waals surface area (Å²) in [4.78, 5) is 24.4. The molecule has 0 aliphatic heterocycles. The van der Waals surface area contributed by atoms with Crippen molar-refractivity contribution in [3.05, 3.63) is 83.9 Å². The molecule has 0 aliphatic rings. The highest BCUT2D eigenvalue weighted by Crippen LogP contribution is 2.06. The first-order chi connectivity index (χ1) is 12.7. The summed E-state index contributed by atoms with van der Waals surface area (Å²) < 4.78 is 10.4. The summed E-state index contributed by atoms with van der Waals surface area (Å²) in [7, 11) is 0. The van der Waals surface area contributed by atoms with Crippen LogP contribution in [0.1, 0.15) is 18.1 Å². The zero-order valence-corrected chi connectivity index (χ0v) is 14.8. The van der Waals surface area contributed by atoms with Gasteiger partial charge in [0.25, 0.3) is 0 Å². The number of esters is 1. The Morgan fingerprint density at radius 3 is 2.19 bits per heavy atom. The van der Waals surface area contributed by atoms with Crippen molar-refractivity contribution < 1.29 is 19.1 Å². The fourth-order valence-electron chi connectivity index (χ4n) is 2.28. The summed E-state index contributed by atoms with van der Waals surface area (Å²) in [5.74, 6) is -0.497. The lowest BCUT2D eigenvalue weighted by atomic mass is 10.1. The van der Waals surface area contributed by atoms with Gasteiger partial charge in [-0.05, 0) is 18.1 Å². The maximum absolute atomic E-state index is 12.3. The average Bonchev–Trinajstić information content (AvgIpc) is 2.67. The van der Waals surface area contributed by atoms with E-state index in [1.54, 1.807) is 12.2 Å². The van der Waals surface area contributed by atoms with Gasteiger partial charge in [-0.3, -0.25) is 0 Å². The van der Waals surface area contributed by atoms with Crippen LogP contribution < -0.4 is 5.32 Å². The summed E-state index contributed by atoms with van der Waals surface area (Å²) in [6.45, 7) is 2.15. The van der Waals surface area contributed by atoms with Gasteiger partial charge < -0.3 is 14.8 Å². The number of benzene rings is 2. The minimum Gasteiger partial charge on any atom is -0.460 e. The summed E-state index contributed by atoms with van der Waals surface area (Å²) in [5, 5.41) is 2.60. The second-order valence-electron chi connectivity index (χ2n) is 5.65. The van der Waals surface area contributed by atoms with Crippen molar-refractivity contribution in [2.45, 2.75) is 26.0 Å². The normalized spacial score (nSPS) is 11.7. The van der Waals surface area contributed by atoms with Gasteiger partial charge in [0.15, 0.2) is 0 Å². The number of rotatable bonds is 8. The zero-order chi connectivity index (χ0) is 18.6. The van der Waals surface area contributed by atoms with Crippen LogP contribution in [0.5, 0.6) is 0 Å². The van der Waals surface area contributed by atoms with Crippen molar-refractivity contribution in [2.75, 3.05) is 6.61 Å². The van der Waals surface area contributed by atoms with Crippen molar-refractivity contribution in [3.63, 3.8) is 0 Å². The molecule has 26 heavy (non-hydrogen) atoms. The Hall–Kier alpha value is -3.08. The van der Waals surface area contributed by atoms with Crippen LogP contribution in [0.3, 0.4) is 0 Å². The molecule has 1 amide bonds. The Morgan fingerprint density at radius 2 is 1.58 bits per heavy atom. The standard InChI is InChI=1S/C21H23NO4/c1-2-3-14-25-20(23)19(15-17-10-6-4-7-11-17)22-21(24)26-16-18-12-8-5-9-13-18/h2-13,19H,14-16H2,1H3,(H,22,24)/b3-2+/t19-/m0/s1. The highest BCUT2D eigenvalue weighted by Gasteiger charge is 2.23. The second-order valence-corrected chi connectivity index (χ2v) is 5.65. The van der Waals surface area contributed by atoms with E-state index in [4.69, 9.17) is 9.47 Å². The number of allylic oxidation sites excluding steroid dienone is 1. The van der Waals surface area contributed by atoms with E-state index in [-0.39, 0.29) is 13.2 Å². The third-order valence-corrected chi connectivity index (χ3v) is 3.63. The van der Waals surface area contributed by atoms with Crippen LogP contribution in [0.15, 0.2) is 72.8 Å². The molecule has 0 bridgehead atoms. The summed E-state index contributed by atoms with van der Waals surface area (Å²) in [6.07, 6.45) is 3.19. The fourth-order valence-corrected chi connectivity index (χ4v) is 2.28. The van der Waals surface area contributed by atoms with Gasteiger partial charge in [-0.1, -0.05) is 72.8 Å². The van der Waals surface area contributed by atoms with E-state index in [2.05, 4.69) is 5.32 Å². The van der Waals surface area contributed by atoms with E-state index in [0.717, 1.165) is 11.1 Å². The Morgan fingerprint density at radius 1 is 0.962 bits per heavy atom. The number of ether oxygens (including phenoxy) is 2. The van der Waals surface area contributed by atoms with Gasteiger partial charge in [-0.2, -0.15) is 0 Å². The molecule has 0 aromatic heterocycles. The van der Waals surface area contributed by atoms with Gasteiger partial charge in [0.1, 0.15) is 19.3 Å². The Kier molecular flexibility index (Phi) is 7.93. The molecule has 0 heterocycles. The molecule has 2 aromatic carbocycles. The van der Waals surface area contributed by atoms with E-state index in [9.17, 15) is 9.59 Å². The molecule has 5 heteroatoms. The number of carbonyl (C=O) groups excluding carboxylic acids is 2. The van der Waals surface area contributed by atoms with Crippen LogP contribution in [0.4, 0.5) is 4.79 Å². The van der Waals surface area contributed by atoms with E-state index >= 15 is 0 Å². The van der Waals surface area contributed by atoms with Crippen LogP contribution >= 0.6 is 0 Å². The molecule has 2 aromatic rings. The van der Waals surface area contributed by atoms with Crippen LogP contribution in [0.25, 0.3) is 0 Å². The van der Waals surface area contributed by atoms with Gasteiger partial charge in [-0.15, -0.1) is 0 Å². The quantitative estimate of drug-likeness (QED) is 0.581. The van der Waals surface area contributed by atoms with Crippen molar-refractivity contribution in [1.29, 1.82) is 0 Å². The van der Waals surface area contributed by atoms with Gasteiger partial charge in [0, 0.05) is 6.42 Å². The predicted molar refractivity (Wildman–Crippen MR) is 99.5 cm³/mol. The second kappa shape index (κ2) is 10.7. The molecule has 136 valence electrons. The Bertz CT molecular complexity index is 713. The van der Waals surface area contributed by atoms with Crippen LogP contribution in [-0.4, -0.2) is 24.7 Å². The van der Waals surface area contributed by atoms with Crippen molar-refractivity contribution in [1.82, 2.24) is 5.32 Å². The maximum atomic E-state index is 12.3. The number of nitrogens with one attached hydrogen (secondary N) is 1. The molecule has 2 rings (SSSR count). The number of hydrogen-bond donors (Lipinski definition) is 1. The van der Waals surface area contributed by atoms with Gasteiger partial charge in [0.05, 0.1) is 0 Å². The summed E-state index contributed by atoms with van der Waals surface area (Å²) in [6, 6.07) is 18.0. The molecule has 5 nitrogen and oxygen atoms in total. The largest absolute Gasteiger partial charge is 0.460 e. The maximum Gasteiger partial charge on any atom is 0.408 e. The lowest BCUT2D eigenvalue weighted by molar-refractivity contribution is -0.144. The van der Waals surface area contributed by atoms with Crippen molar-refractivity contribution in [2.24, 2.45) is 0 Å². The van der Waals surface area contributed by atoms with E-state index < -0.39 is 18.1 Å². The van der Waals surface area contributed by atoms with Crippen LogP contribution in [0.2, 0.25) is 0 Å². The first-order valence-electron chi connectivity index (χ1n) is 8.48. The monoisotopic (exact) mass is 353 g/mol. The lowest BCUT2D eigenvalue weighted by Gasteiger charge is -2.17. The number of carbonyl (C=O) groups is 2. The highest BCUT2D eigenvalue weighted by molar-refractivity contribution is 5.81. The molecule has 0 radical (unpaired) electrons.